The number of ether oxygens (including phenoxy) is 3. The van der Waals surface area contributed by atoms with Gasteiger partial charge in [0.25, 0.3) is 0 Å². The molecular weight excluding hydrogens is 338 g/mol. The van der Waals surface area contributed by atoms with Gasteiger partial charge >= 0.3 is 11.9 Å². The van der Waals surface area contributed by atoms with Gasteiger partial charge < -0.3 is 24.6 Å². The summed E-state index contributed by atoms with van der Waals surface area (Å²) in [6.45, 7) is 4.39. The van der Waals surface area contributed by atoms with Gasteiger partial charge in [-0.05, 0) is 13.3 Å². The van der Waals surface area contributed by atoms with Crippen LogP contribution in [0.4, 0.5) is 0 Å². The van der Waals surface area contributed by atoms with Crippen molar-refractivity contribution in [2.24, 2.45) is 0 Å². The third-order valence-electron chi connectivity index (χ3n) is 3.28. The summed E-state index contributed by atoms with van der Waals surface area (Å²) >= 11 is 5.50. The number of hydrogen-bond donors (Lipinski definition) is 2. The van der Waals surface area contributed by atoms with Crippen LogP contribution in [-0.2, 0) is 23.8 Å². The highest BCUT2D eigenvalue weighted by Crippen LogP contribution is 2.24. The molecule has 0 radical (unpaired) electrons. The van der Waals surface area contributed by atoms with E-state index in [1.807, 2.05) is 6.92 Å². The number of allylic oxidation sites excluding steroid dienone is 1. The van der Waals surface area contributed by atoms with Gasteiger partial charge in [-0.25, -0.2) is 9.59 Å². The van der Waals surface area contributed by atoms with Crippen molar-refractivity contribution in [1.82, 2.24) is 5.32 Å². The molecule has 0 bridgehead atoms. The molecule has 0 saturated heterocycles. The highest BCUT2D eigenvalue weighted by Gasteiger charge is 2.28. The number of hydrogen-bond acceptors (Lipinski definition) is 7. The third-order valence-corrected chi connectivity index (χ3v) is 3.43. The van der Waals surface area contributed by atoms with Gasteiger partial charge in [-0.2, -0.15) is 0 Å². The van der Waals surface area contributed by atoms with E-state index in [0.717, 1.165) is 6.42 Å². The number of esters is 2. The molecule has 0 aromatic carbocycles. The fourth-order valence-corrected chi connectivity index (χ4v) is 2.17. The average molecular weight is 362 g/mol. The molecule has 0 atom stereocenters. The second-order valence-electron chi connectivity index (χ2n) is 5.09. The number of carbonyl (C=O) groups is 2. The van der Waals surface area contributed by atoms with E-state index in [-0.39, 0.29) is 37.7 Å². The number of nitrogens with one attached hydrogen (secondary N) is 1. The fourth-order valence-electron chi connectivity index (χ4n) is 2.09. The number of carbonyl (C=O) groups excluding carboxylic acids is 2. The first-order valence-corrected chi connectivity index (χ1v) is 8.36. The van der Waals surface area contributed by atoms with Crippen LogP contribution in [-0.4, -0.2) is 56.0 Å². The van der Waals surface area contributed by atoms with Crippen molar-refractivity contribution in [3.8, 4) is 0 Å². The van der Waals surface area contributed by atoms with Gasteiger partial charge in [0.15, 0.2) is 0 Å². The Labute approximate surface area is 146 Å². The van der Waals surface area contributed by atoms with E-state index < -0.39 is 11.9 Å². The maximum absolute atomic E-state index is 12.2. The number of aliphatic hydroxyl groups is 1. The van der Waals surface area contributed by atoms with Crippen molar-refractivity contribution in [2.45, 2.75) is 26.7 Å². The largest absolute Gasteiger partial charge is 0.461 e. The molecule has 1 aliphatic heterocycles. The van der Waals surface area contributed by atoms with Gasteiger partial charge in [0.2, 0.25) is 0 Å². The average Bonchev–Trinajstić information content (AvgIpc) is 2.58. The molecule has 0 fully saturated rings. The molecule has 0 saturated carbocycles. The van der Waals surface area contributed by atoms with Crippen LogP contribution in [0.25, 0.3) is 0 Å². The summed E-state index contributed by atoms with van der Waals surface area (Å²) in [4.78, 5) is 24.2. The van der Waals surface area contributed by atoms with Crippen molar-refractivity contribution >= 4 is 23.5 Å². The Bertz CT molecular complexity index is 515. The van der Waals surface area contributed by atoms with Crippen LogP contribution >= 0.6 is 11.6 Å². The highest BCUT2D eigenvalue weighted by atomic mass is 35.5. The lowest BCUT2D eigenvalue weighted by atomic mass is 9.98. The molecule has 0 aromatic heterocycles. The fraction of sp³-hybridized carbons (Fsp3) is 0.625. The Kier molecular flexibility index (Phi) is 9.44. The minimum absolute atomic E-state index is 0.0322. The highest BCUT2D eigenvalue weighted by molar-refractivity contribution is 6.18. The Morgan fingerprint density at radius 3 is 2.42 bits per heavy atom. The zero-order valence-corrected chi connectivity index (χ0v) is 14.8. The van der Waals surface area contributed by atoms with E-state index in [2.05, 4.69) is 5.32 Å². The number of dihydropyridines is 1. The third kappa shape index (κ3) is 6.14. The topological polar surface area (TPSA) is 94.1 Å². The number of halogens is 1. The molecule has 0 aliphatic carbocycles. The molecule has 0 spiro atoms. The first kappa shape index (κ1) is 20.5. The number of rotatable bonds is 10. The molecule has 24 heavy (non-hydrogen) atoms. The Morgan fingerprint density at radius 1 is 1.12 bits per heavy atom. The van der Waals surface area contributed by atoms with Crippen LogP contribution in [0.5, 0.6) is 0 Å². The second kappa shape index (κ2) is 11.1. The Hall–Kier alpha value is -1.57. The predicted octanol–water partition coefficient (Wildman–Crippen LogP) is 1.25. The van der Waals surface area contributed by atoms with Gasteiger partial charge in [0, 0.05) is 18.7 Å². The molecule has 136 valence electrons. The van der Waals surface area contributed by atoms with Gasteiger partial charge in [0.05, 0.1) is 35.9 Å². The van der Waals surface area contributed by atoms with E-state index in [0.29, 0.717) is 30.2 Å². The smallest absolute Gasteiger partial charge is 0.336 e. The summed E-state index contributed by atoms with van der Waals surface area (Å²) in [5.74, 6) is -0.952. The van der Waals surface area contributed by atoms with Crippen molar-refractivity contribution < 1.29 is 28.9 Å². The molecular formula is C16H24ClNO6. The molecule has 2 N–H and O–H groups in total. The summed E-state index contributed by atoms with van der Waals surface area (Å²) in [5.41, 5.74) is 1.37. The molecule has 0 amide bonds. The van der Waals surface area contributed by atoms with E-state index in [9.17, 15) is 14.7 Å². The summed E-state index contributed by atoms with van der Waals surface area (Å²) in [7, 11) is 0. The molecule has 0 unspecified atom stereocenters. The zero-order chi connectivity index (χ0) is 17.9. The minimum atomic E-state index is -0.596. The number of alkyl halides is 1. The molecule has 8 heteroatoms. The first-order chi connectivity index (χ1) is 11.5. The van der Waals surface area contributed by atoms with Crippen LogP contribution in [0.1, 0.15) is 26.7 Å². The molecule has 7 nitrogen and oxygen atoms in total. The lowest BCUT2D eigenvalue weighted by Gasteiger charge is -2.23. The lowest BCUT2D eigenvalue weighted by molar-refractivity contribution is -0.141. The quantitative estimate of drug-likeness (QED) is 0.343. The monoisotopic (exact) mass is 361 g/mol. The molecule has 0 aromatic rings. The van der Waals surface area contributed by atoms with Crippen LogP contribution in [0.2, 0.25) is 0 Å². The van der Waals surface area contributed by atoms with E-state index in [1.54, 1.807) is 6.92 Å². The number of aliphatic hydroxyl groups excluding tert-OH is 1. The van der Waals surface area contributed by atoms with E-state index in [1.165, 1.54) is 0 Å². The van der Waals surface area contributed by atoms with Gasteiger partial charge in [-0.1, -0.05) is 6.92 Å². The second-order valence-corrected chi connectivity index (χ2v) is 5.47. The molecule has 1 heterocycles. The van der Waals surface area contributed by atoms with Crippen LogP contribution in [0.15, 0.2) is 22.5 Å². The maximum atomic E-state index is 12.2. The summed E-state index contributed by atoms with van der Waals surface area (Å²) in [6, 6.07) is 0. The van der Waals surface area contributed by atoms with Gasteiger partial charge in [-0.15, -0.1) is 11.6 Å². The standard InChI is InChI=1S/C16H24ClNO6/c1-3-5-22-7-8-24-16(21)13-9-12(15(20)23-6-4-17)11(2)18-14(13)10-19/h18-19H,3-10H2,1-2H3. The van der Waals surface area contributed by atoms with E-state index in [4.69, 9.17) is 25.8 Å². The molecule has 1 aliphatic rings. The van der Waals surface area contributed by atoms with Crippen molar-refractivity contribution in [2.75, 3.05) is 38.9 Å². The van der Waals surface area contributed by atoms with Crippen molar-refractivity contribution in [1.29, 1.82) is 0 Å². The van der Waals surface area contributed by atoms with Crippen LogP contribution in [0.3, 0.4) is 0 Å². The van der Waals surface area contributed by atoms with Crippen LogP contribution < -0.4 is 5.32 Å². The SMILES string of the molecule is CCCOCCOC(=O)C1=C(CO)NC(C)=C(C(=O)OCCCl)C1. The van der Waals surface area contributed by atoms with Gasteiger partial charge in [0.1, 0.15) is 13.2 Å². The van der Waals surface area contributed by atoms with Crippen molar-refractivity contribution in [3.63, 3.8) is 0 Å². The molecule has 1 rings (SSSR count). The maximum Gasteiger partial charge on any atom is 0.336 e. The van der Waals surface area contributed by atoms with Crippen LogP contribution in [0, 0.1) is 0 Å². The van der Waals surface area contributed by atoms with E-state index >= 15 is 0 Å². The Morgan fingerprint density at radius 2 is 1.79 bits per heavy atom. The predicted molar refractivity (Wildman–Crippen MR) is 88.3 cm³/mol. The van der Waals surface area contributed by atoms with Gasteiger partial charge in [-0.3, -0.25) is 0 Å². The first-order valence-electron chi connectivity index (χ1n) is 7.82. The summed E-state index contributed by atoms with van der Waals surface area (Å²) < 4.78 is 15.4. The van der Waals surface area contributed by atoms with Crippen molar-refractivity contribution in [3.05, 3.63) is 22.5 Å². The zero-order valence-electron chi connectivity index (χ0n) is 14.0. The minimum Gasteiger partial charge on any atom is -0.461 e. The summed E-state index contributed by atoms with van der Waals surface area (Å²) in [5, 5.41) is 12.3. The Balaban J connectivity index is 2.69. The summed E-state index contributed by atoms with van der Waals surface area (Å²) in [6.07, 6.45) is 0.917. The lowest BCUT2D eigenvalue weighted by Crippen LogP contribution is -2.29. The normalized spacial score (nSPS) is 14.5.